The Morgan fingerprint density at radius 1 is 1.06 bits per heavy atom. The van der Waals surface area contributed by atoms with Gasteiger partial charge in [-0.1, -0.05) is 30.3 Å². The zero-order valence-corrected chi connectivity index (χ0v) is 18.2. The number of sulfonamides is 1. The van der Waals surface area contributed by atoms with Crippen LogP contribution in [-0.4, -0.2) is 53.7 Å². The minimum absolute atomic E-state index is 0.0867. The SMILES string of the molecule is CS(=O)(=O)N(CC(=O)NCC1(c2ccccc2)CCOCC1)c1ccc2c(c1)OCO2. The number of nitrogens with zero attached hydrogens (tertiary/aromatic N) is 1. The third kappa shape index (κ3) is 4.77. The quantitative estimate of drug-likeness (QED) is 0.700. The highest BCUT2D eigenvalue weighted by Gasteiger charge is 2.35. The summed E-state index contributed by atoms with van der Waals surface area (Å²) in [5.74, 6) is 0.632. The third-order valence-electron chi connectivity index (χ3n) is 5.79. The van der Waals surface area contributed by atoms with E-state index >= 15 is 0 Å². The summed E-state index contributed by atoms with van der Waals surface area (Å²) in [6.45, 7) is 1.43. The molecule has 0 saturated carbocycles. The van der Waals surface area contributed by atoms with Crippen molar-refractivity contribution in [2.75, 3.05) is 43.7 Å². The van der Waals surface area contributed by atoms with Gasteiger partial charge in [-0.15, -0.1) is 0 Å². The first-order valence-corrected chi connectivity index (χ1v) is 12.0. The monoisotopic (exact) mass is 446 g/mol. The topological polar surface area (TPSA) is 94.2 Å². The Balaban J connectivity index is 1.49. The predicted octanol–water partition coefficient (Wildman–Crippen LogP) is 2.05. The largest absolute Gasteiger partial charge is 0.454 e. The molecule has 0 atom stereocenters. The van der Waals surface area contributed by atoms with E-state index in [4.69, 9.17) is 14.2 Å². The lowest BCUT2D eigenvalue weighted by atomic mass is 9.74. The Bertz CT molecular complexity index is 1040. The number of anilines is 1. The molecule has 0 bridgehead atoms. The molecule has 0 aliphatic carbocycles. The van der Waals surface area contributed by atoms with Crippen LogP contribution in [0.15, 0.2) is 48.5 Å². The predicted molar refractivity (Wildman–Crippen MR) is 116 cm³/mol. The number of rotatable bonds is 7. The summed E-state index contributed by atoms with van der Waals surface area (Å²) >= 11 is 0. The minimum Gasteiger partial charge on any atom is -0.454 e. The molecule has 166 valence electrons. The summed E-state index contributed by atoms with van der Waals surface area (Å²) in [7, 11) is -3.68. The molecule has 31 heavy (non-hydrogen) atoms. The molecule has 2 aromatic rings. The second kappa shape index (κ2) is 8.76. The molecule has 8 nitrogen and oxygen atoms in total. The van der Waals surface area contributed by atoms with E-state index in [1.54, 1.807) is 18.2 Å². The number of nitrogens with one attached hydrogen (secondary N) is 1. The molecule has 1 saturated heterocycles. The molecule has 4 rings (SSSR count). The van der Waals surface area contributed by atoms with Crippen molar-refractivity contribution in [2.45, 2.75) is 18.3 Å². The third-order valence-corrected chi connectivity index (χ3v) is 6.93. The van der Waals surface area contributed by atoms with Crippen molar-refractivity contribution in [3.63, 3.8) is 0 Å². The highest BCUT2D eigenvalue weighted by atomic mass is 32.2. The average molecular weight is 447 g/mol. The molecule has 1 N–H and O–H groups in total. The first-order valence-electron chi connectivity index (χ1n) is 10.1. The Morgan fingerprint density at radius 3 is 2.48 bits per heavy atom. The molecular formula is C22H26N2O6S. The van der Waals surface area contributed by atoms with Crippen LogP contribution in [0.2, 0.25) is 0 Å². The van der Waals surface area contributed by atoms with Crippen molar-refractivity contribution in [2.24, 2.45) is 0 Å². The molecule has 1 amide bonds. The molecule has 0 unspecified atom stereocenters. The first kappa shape index (κ1) is 21.5. The highest BCUT2D eigenvalue weighted by Crippen LogP contribution is 2.36. The van der Waals surface area contributed by atoms with Crippen LogP contribution in [0.3, 0.4) is 0 Å². The van der Waals surface area contributed by atoms with E-state index in [2.05, 4.69) is 17.4 Å². The van der Waals surface area contributed by atoms with Gasteiger partial charge in [-0.25, -0.2) is 8.42 Å². The van der Waals surface area contributed by atoms with Crippen LogP contribution in [0.25, 0.3) is 0 Å². The van der Waals surface area contributed by atoms with Gasteiger partial charge in [0.05, 0.1) is 11.9 Å². The smallest absolute Gasteiger partial charge is 0.240 e. The van der Waals surface area contributed by atoms with Gasteiger partial charge in [0.25, 0.3) is 0 Å². The van der Waals surface area contributed by atoms with Crippen LogP contribution in [0.4, 0.5) is 5.69 Å². The van der Waals surface area contributed by atoms with Crippen molar-refractivity contribution in [1.82, 2.24) is 5.32 Å². The molecule has 0 spiro atoms. The first-order chi connectivity index (χ1) is 14.9. The van der Waals surface area contributed by atoms with Gasteiger partial charge in [-0.3, -0.25) is 9.10 Å². The van der Waals surface area contributed by atoms with E-state index in [1.165, 1.54) is 0 Å². The number of fused-ring (bicyclic) bond motifs is 1. The normalized spacial score (nSPS) is 17.2. The van der Waals surface area contributed by atoms with E-state index < -0.39 is 10.0 Å². The summed E-state index contributed by atoms with van der Waals surface area (Å²) in [4.78, 5) is 12.8. The maximum Gasteiger partial charge on any atom is 0.240 e. The molecule has 2 aliphatic heterocycles. The molecular weight excluding hydrogens is 420 g/mol. The van der Waals surface area contributed by atoms with Gasteiger partial charge in [0, 0.05) is 31.2 Å². The fourth-order valence-electron chi connectivity index (χ4n) is 4.02. The lowest BCUT2D eigenvalue weighted by molar-refractivity contribution is -0.120. The van der Waals surface area contributed by atoms with E-state index in [0.29, 0.717) is 36.9 Å². The van der Waals surface area contributed by atoms with Crippen molar-refractivity contribution in [3.05, 3.63) is 54.1 Å². The summed E-state index contributed by atoms with van der Waals surface area (Å²) in [6, 6.07) is 14.9. The average Bonchev–Trinajstić information content (AvgIpc) is 3.24. The maximum absolute atomic E-state index is 12.8. The summed E-state index contributed by atoms with van der Waals surface area (Å²) in [5, 5.41) is 2.96. The molecule has 9 heteroatoms. The fourth-order valence-corrected chi connectivity index (χ4v) is 4.86. The Kier molecular flexibility index (Phi) is 6.06. The van der Waals surface area contributed by atoms with E-state index in [1.807, 2.05) is 18.2 Å². The van der Waals surface area contributed by atoms with E-state index in [0.717, 1.165) is 29.0 Å². The zero-order chi connectivity index (χ0) is 21.9. The van der Waals surface area contributed by atoms with E-state index in [-0.39, 0.29) is 24.7 Å². The lowest BCUT2D eigenvalue weighted by Crippen LogP contribution is -2.47. The minimum atomic E-state index is -3.68. The molecule has 2 aliphatic rings. The Morgan fingerprint density at radius 2 is 1.77 bits per heavy atom. The van der Waals surface area contributed by atoms with Crippen molar-refractivity contribution < 1.29 is 27.4 Å². The Labute approximate surface area is 182 Å². The highest BCUT2D eigenvalue weighted by molar-refractivity contribution is 7.92. The number of hydrogen-bond donors (Lipinski definition) is 1. The number of ether oxygens (including phenoxy) is 3. The van der Waals surface area contributed by atoms with Crippen molar-refractivity contribution in [3.8, 4) is 11.5 Å². The van der Waals surface area contributed by atoms with Crippen LogP contribution in [0.5, 0.6) is 11.5 Å². The van der Waals surface area contributed by atoms with Crippen LogP contribution in [0, 0.1) is 0 Å². The summed E-state index contributed by atoms with van der Waals surface area (Å²) < 4.78 is 42.1. The molecule has 2 aromatic carbocycles. The molecule has 1 fully saturated rings. The maximum atomic E-state index is 12.8. The van der Waals surface area contributed by atoms with Crippen LogP contribution in [-0.2, 0) is 25.0 Å². The van der Waals surface area contributed by atoms with Gasteiger partial charge >= 0.3 is 0 Å². The number of benzene rings is 2. The second-order valence-electron chi connectivity index (χ2n) is 7.84. The summed E-state index contributed by atoms with van der Waals surface area (Å²) in [5.41, 5.74) is 1.27. The zero-order valence-electron chi connectivity index (χ0n) is 17.4. The van der Waals surface area contributed by atoms with Crippen LogP contribution < -0.4 is 19.1 Å². The van der Waals surface area contributed by atoms with Gasteiger partial charge in [0.1, 0.15) is 6.54 Å². The standard InChI is InChI=1S/C22H26N2O6S/c1-31(26,27)24(18-7-8-19-20(13-18)30-16-29-19)14-21(25)23-15-22(9-11-28-12-10-22)17-5-3-2-4-6-17/h2-8,13H,9-12,14-16H2,1H3,(H,23,25). The van der Waals surface area contributed by atoms with Gasteiger partial charge in [0.15, 0.2) is 11.5 Å². The number of carbonyl (C=O) groups excluding carboxylic acids is 1. The lowest BCUT2D eigenvalue weighted by Gasteiger charge is -2.38. The van der Waals surface area contributed by atoms with Gasteiger partial charge < -0.3 is 19.5 Å². The van der Waals surface area contributed by atoms with Crippen LogP contribution in [0.1, 0.15) is 18.4 Å². The van der Waals surface area contributed by atoms with E-state index in [9.17, 15) is 13.2 Å². The van der Waals surface area contributed by atoms with Gasteiger partial charge in [-0.2, -0.15) is 0 Å². The number of carbonyl (C=O) groups is 1. The molecule has 0 aromatic heterocycles. The van der Waals surface area contributed by atoms with Crippen molar-refractivity contribution in [1.29, 1.82) is 0 Å². The molecule has 2 heterocycles. The number of amides is 1. The van der Waals surface area contributed by atoms with Gasteiger partial charge in [-0.05, 0) is 30.5 Å². The second-order valence-corrected chi connectivity index (χ2v) is 9.75. The van der Waals surface area contributed by atoms with Crippen LogP contribution >= 0.6 is 0 Å². The number of hydrogen-bond acceptors (Lipinski definition) is 6. The summed E-state index contributed by atoms with van der Waals surface area (Å²) in [6.07, 6.45) is 2.65. The molecule has 0 radical (unpaired) electrons. The van der Waals surface area contributed by atoms with Gasteiger partial charge in [0.2, 0.25) is 22.7 Å². The fraction of sp³-hybridized carbons (Fsp3) is 0.409. The van der Waals surface area contributed by atoms with Crippen molar-refractivity contribution >= 4 is 21.6 Å². The Hall–Kier alpha value is -2.78.